The summed E-state index contributed by atoms with van der Waals surface area (Å²) >= 11 is 0. The van der Waals surface area contributed by atoms with E-state index in [-0.39, 0.29) is 12.0 Å². The second-order valence-corrected chi connectivity index (χ2v) is 9.40. The highest BCUT2D eigenvalue weighted by molar-refractivity contribution is 7.87. The Hall–Kier alpha value is -1.94. The normalized spacial score (nSPS) is 21.6. The summed E-state index contributed by atoms with van der Waals surface area (Å²) in [5.74, 6) is -3.79. The van der Waals surface area contributed by atoms with E-state index in [9.17, 15) is 17.2 Å². The van der Waals surface area contributed by atoms with Gasteiger partial charge in [0.15, 0.2) is 0 Å². The Morgan fingerprint density at radius 3 is 2.55 bits per heavy atom. The Morgan fingerprint density at radius 1 is 1.21 bits per heavy atom. The molecule has 0 aliphatic carbocycles. The van der Waals surface area contributed by atoms with Crippen LogP contribution < -0.4 is 10.0 Å². The molecule has 3 rings (SSSR count). The molecule has 2 atom stereocenters. The van der Waals surface area contributed by atoms with Crippen molar-refractivity contribution >= 4 is 10.2 Å². The maximum absolute atomic E-state index is 15.2. The van der Waals surface area contributed by atoms with Gasteiger partial charge in [0.2, 0.25) is 0 Å². The lowest BCUT2D eigenvalue weighted by atomic mass is 9.95. The Labute approximate surface area is 169 Å². The number of alkyl halides is 2. The number of nitrogens with zero attached hydrogens (tertiary/aromatic N) is 1. The molecule has 0 saturated carbocycles. The van der Waals surface area contributed by atoms with Crippen molar-refractivity contribution in [1.29, 1.82) is 0 Å². The molecular formula is C20H24F3N3O2S. The van der Waals surface area contributed by atoms with Gasteiger partial charge in [0, 0.05) is 25.7 Å². The molecule has 1 aliphatic rings. The van der Waals surface area contributed by atoms with Crippen molar-refractivity contribution in [3.05, 3.63) is 59.4 Å². The van der Waals surface area contributed by atoms with Crippen LogP contribution in [0.5, 0.6) is 0 Å². The Kier molecular flexibility index (Phi) is 6.05. The quantitative estimate of drug-likeness (QED) is 0.745. The van der Waals surface area contributed by atoms with E-state index in [4.69, 9.17) is 0 Å². The molecule has 0 bridgehead atoms. The lowest BCUT2D eigenvalue weighted by Crippen LogP contribution is -2.54. The molecule has 0 aromatic heterocycles. The molecular weight excluding hydrogens is 403 g/mol. The van der Waals surface area contributed by atoms with Crippen molar-refractivity contribution in [3.8, 4) is 11.1 Å². The average molecular weight is 427 g/mol. The maximum Gasteiger partial charge on any atom is 0.279 e. The zero-order chi connectivity index (χ0) is 21.4. The molecule has 2 aromatic rings. The number of halogens is 3. The summed E-state index contributed by atoms with van der Waals surface area (Å²) < 4.78 is 70.9. The number of nitrogens with one attached hydrogen (secondary N) is 2. The molecule has 1 saturated heterocycles. The van der Waals surface area contributed by atoms with Gasteiger partial charge in [-0.2, -0.15) is 17.4 Å². The predicted octanol–water partition coefficient (Wildman–Crippen LogP) is 2.72. The molecule has 0 unspecified atom stereocenters. The topological polar surface area (TPSA) is 61.4 Å². The minimum absolute atomic E-state index is 0.0817. The minimum Gasteiger partial charge on any atom is -0.306 e. The Balaban J connectivity index is 1.90. The Bertz CT molecular complexity index is 996. The molecule has 0 spiro atoms. The fraction of sp³-hybridized carbons (Fsp3) is 0.400. The summed E-state index contributed by atoms with van der Waals surface area (Å²) in [6.45, 7) is 1.22. The van der Waals surface area contributed by atoms with Gasteiger partial charge >= 0.3 is 0 Å². The first-order chi connectivity index (χ1) is 13.5. The number of hydrogen-bond acceptors (Lipinski definition) is 3. The molecule has 2 N–H and O–H groups in total. The average Bonchev–Trinajstić information content (AvgIpc) is 2.91. The molecule has 1 heterocycles. The number of hydrogen-bond donors (Lipinski definition) is 2. The third-order valence-electron chi connectivity index (χ3n) is 5.06. The predicted molar refractivity (Wildman–Crippen MR) is 107 cm³/mol. The van der Waals surface area contributed by atoms with Crippen LogP contribution in [0.2, 0.25) is 0 Å². The van der Waals surface area contributed by atoms with Gasteiger partial charge in [-0.25, -0.2) is 13.2 Å². The lowest BCUT2D eigenvalue weighted by Gasteiger charge is -2.26. The van der Waals surface area contributed by atoms with Gasteiger partial charge in [0.25, 0.3) is 16.1 Å². The first kappa shape index (κ1) is 21.8. The van der Waals surface area contributed by atoms with Gasteiger partial charge in [-0.1, -0.05) is 48.0 Å². The van der Waals surface area contributed by atoms with E-state index in [0.29, 0.717) is 11.1 Å². The van der Waals surface area contributed by atoms with Crippen molar-refractivity contribution in [1.82, 2.24) is 14.3 Å². The van der Waals surface area contributed by atoms with Crippen molar-refractivity contribution in [2.24, 2.45) is 0 Å². The zero-order valence-corrected chi connectivity index (χ0v) is 17.2. The highest BCUT2D eigenvalue weighted by atomic mass is 32.2. The van der Waals surface area contributed by atoms with E-state index in [1.165, 1.54) is 20.2 Å². The fourth-order valence-corrected chi connectivity index (χ4v) is 4.29. The largest absolute Gasteiger partial charge is 0.306 e. The van der Waals surface area contributed by atoms with Crippen molar-refractivity contribution < 1.29 is 21.6 Å². The van der Waals surface area contributed by atoms with Crippen LogP contribution in [0.1, 0.15) is 11.1 Å². The summed E-state index contributed by atoms with van der Waals surface area (Å²) in [5.41, 5.74) is 2.29. The van der Waals surface area contributed by atoms with Crippen LogP contribution in [0.3, 0.4) is 0 Å². The summed E-state index contributed by atoms with van der Waals surface area (Å²) in [7, 11) is -1.57. The third kappa shape index (κ3) is 4.63. The summed E-state index contributed by atoms with van der Waals surface area (Å²) in [6, 6.07) is 9.55. The SMILES string of the molecule is Cc1cccc(-c2cccc(C[C@@H]3NCC(F)(F)[C@@H]3NS(=O)(=O)N(C)C)c2F)c1. The van der Waals surface area contributed by atoms with Crippen LogP contribution >= 0.6 is 0 Å². The van der Waals surface area contributed by atoms with E-state index < -0.39 is 40.6 Å². The van der Waals surface area contributed by atoms with E-state index in [1.54, 1.807) is 18.2 Å². The number of rotatable bonds is 6. The molecule has 5 nitrogen and oxygen atoms in total. The molecule has 1 aliphatic heterocycles. The number of aryl methyl sites for hydroxylation is 1. The standard InChI is InChI=1S/C20H24F3N3O2S/c1-13-6-4-7-14(10-13)16-9-5-8-15(18(16)21)11-17-19(20(22,23)12-24-17)25-29(27,28)26(2)3/h4-10,17,19,24-25H,11-12H2,1-3H3/t17-,19+/m0/s1. The smallest absolute Gasteiger partial charge is 0.279 e. The molecule has 1 fully saturated rings. The maximum atomic E-state index is 15.2. The van der Waals surface area contributed by atoms with E-state index in [2.05, 4.69) is 10.0 Å². The molecule has 0 radical (unpaired) electrons. The van der Waals surface area contributed by atoms with Gasteiger partial charge in [-0.15, -0.1) is 0 Å². The fourth-order valence-electron chi connectivity index (χ4n) is 3.42. The van der Waals surface area contributed by atoms with Gasteiger partial charge in [-0.3, -0.25) is 0 Å². The van der Waals surface area contributed by atoms with Crippen LogP contribution in [0, 0.1) is 12.7 Å². The van der Waals surface area contributed by atoms with Gasteiger partial charge in [0.1, 0.15) is 11.9 Å². The van der Waals surface area contributed by atoms with Gasteiger partial charge < -0.3 is 5.32 Å². The van der Waals surface area contributed by atoms with Crippen LogP contribution in [0.4, 0.5) is 13.2 Å². The van der Waals surface area contributed by atoms with Crippen molar-refractivity contribution in [2.75, 3.05) is 20.6 Å². The van der Waals surface area contributed by atoms with Crippen LogP contribution in [-0.4, -0.2) is 51.4 Å². The molecule has 9 heteroatoms. The molecule has 0 amide bonds. The van der Waals surface area contributed by atoms with Crippen molar-refractivity contribution in [2.45, 2.75) is 31.4 Å². The summed E-state index contributed by atoms with van der Waals surface area (Å²) in [6.07, 6.45) is -0.0817. The number of benzene rings is 2. The third-order valence-corrected chi connectivity index (χ3v) is 6.57. The first-order valence-corrected chi connectivity index (χ1v) is 10.6. The van der Waals surface area contributed by atoms with Crippen LogP contribution in [0.15, 0.2) is 42.5 Å². The molecule has 158 valence electrons. The highest BCUT2D eigenvalue weighted by Gasteiger charge is 2.51. The minimum atomic E-state index is -4.07. The summed E-state index contributed by atoms with van der Waals surface area (Å²) in [5, 5.41) is 2.64. The van der Waals surface area contributed by atoms with E-state index in [0.717, 1.165) is 9.87 Å². The van der Waals surface area contributed by atoms with E-state index >= 15 is 4.39 Å². The Morgan fingerprint density at radius 2 is 1.90 bits per heavy atom. The van der Waals surface area contributed by atoms with Crippen LogP contribution in [0.25, 0.3) is 11.1 Å². The monoisotopic (exact) mass is 427 g/mol. The summed E-state index contributed by atoms with van der Waals surface area (Å²) in [4.78, 5) is 0. The van der Waals surface area contributed by atoms with Crippen molar-refractivity contribution in [3.63, 3.8) is 0 Å². The van der Waals surface area contributed by atoms with Gasteiger partial charge in [-0.05, 0) is 24.5 Å². The second-order valence-electron chi connectivity index (χ2n) is 7.48. The highest BCUT2D eigenvalue weighted by Crippen LogP contribution is 2.31. The second kappa shape index (κ2) is 8.06. The van der Waals surface area contributed by atoms with Crippen LogP contribution in [-0.2, 0) is 16.6 Å². The zero-order valence-electron chi connectivity index (χ0n) is 16.4. The first-order valence-electron chi connectivity index (χ1n) is 9.17. The van der Waals surface area contributed by atoms with Gasteiger partial charge in [0.05, 0.1) is 6.54 Å². The van der Waals surface area contributed by atoms with E-state index in [1.807, 2.05) is 25.1 Å². The lowest BCUT2D eigenvalue weighted by molar-refractivity contribution is -0.00125. The molecule has 29 heavy (non-hydrogen) atoms. The molecule has 2 aromatic carbocycles.